The van der Waals surface area contributed by atoms with Gasteiger partial charge >= 0.3 is 0 Å². The molecule has 0 atom stereocenters. The molecule has 18 heavy (non-hydrogen) atoms. The molecule has 0 unspecified atom stereocenters. The van der Waals surface area contributed by atoms with Crippen molar-refractivity contribution in [3.63, 3.8) is 0 Å². The summed E-state index contributed by atoms with van der Waals surface area (Å²) in [5.74, 6) is 1.74. The Morgan fingerprint density at radius 3 is 1.00 bits per heavy atom. The van der Waals surface area contributed by atoms with E-state index in [1.807, 2.05) is 60.7 Å². The van der Waals surface area contributed by atoms with Crippen LogP contribution in [0.2, 0.25) is 0 Å². The summed E-state index contributed by atoms with van der Waals surface area (Å²) in [7, 11) is 0. The van der Waals surface area contributed by atoms with Crippen LogP contribution >= 0.6 is 84.9 Å². The van der Waals surface area contributed by atoms with Crippen LogP contribution in [0, 0.1) is 0 Å². The van der Waals surface area contributed by atoms with Gasteiger partial charge in [0.05, 0.1) is 0 Å². The van der Waals surface area contributed by atoms with Gasteiger partial charge in [-0.25, -0.2) is 0 Å². The molecule has 0 N–H and O–H groups in total. The molecule has 104 valence electrons. The van der Waals surface area contributed by atoms with Gasteiger partial charge < -0.3 is 4.74 Å². The molecule has 0 aliphatic heterocycles. The molecular weight excluding hydrogens is 560 g/mol. The van der Waals surface area contributed by atoms with Gasteiger partial charge in [0, 0.05) is 0 Å². The Morgan fingerprint density at radius 1 is 0.444 bits per heavy atom. The van der Waals surface area contributed by atoms with Gasteiger partial charge in [-0.3, -0.25) is 0 Å². The van der Waals surface area contributed by atoms with Crippen molar-refractivity contribution < 1.29 is 4.74 Å². The van der Waals surface area contributed by atoms with Crippen LogP contribution in [-0.2, 0) is 0 Å². The van der Waals surface area contributed by atoms with Gasteiger partial charge in [-0.15, -0.1) is 84.9 Å². The Kier molecular flexibility index (Phi) is 23.6. The van der Waals surface area contributed by atoms with Crippen molar-refractivity contribution in [2.75, 3.05) is 0 Å². The second-order valence-electron chi connectivity index (χ2n) is 2.73. The highest BCUT2D eigenvalue weighted by atomic mass is 79.9. The van der Waals surface area contributed by atoms with Crippen LogP contribution in [0.3, 0.4) is 0 Å². The van der Waals surface area contributed by atoms with Crippen molar-refractivity contribution in [2.24, 2.45) is 0 Å². The minimum atomic E-state index is 0. The summed E-state index contributed by atoms with van der Waals surface area (Å²) < 4.78 is 5.58. The first-order valence-electron chi connectivity index (χ1n) is 4.23. The number of para-hydroxylation sites is 2. The van der Waals surface area contributed by atoms with E-state index >= 15 is 0 Å². The summed E-state index contributed by atoms with van der Waals surface area (Å²) in [6, 6.07) is 19.5. The molecule has 0 aromatic heterocycles. The van der Waals surface area contributed by atoms with E-state index in [4.69, 9.17) is 4.74 Å². The second-order valence-corrected chi connectivity index (χ2v) is 2.73. The van der Waals surface area contributed by atoms with E-state index < -0.39 is 0 Å². The Labute approximate surface area is 160 Å². The van der Waals surface area contributed by atoms with E-state index in [-0.39, 0.29) is 84.9 Å². The largest absolute Gasteiger partial charge is 0.457 e. The number of ether oxygens (including phenoxy) is 1. The lowest BCUT2D eigenvalue weighted by Gasteiger charge is -2.03. The van der Waals surface area contributed by atoms with E-state index in [2.05, 4.69) is 0 Å². The van der Waals surface area contributed by atoms with Crippen molar-refractivity contribution in [2.45, 2.75) is 0 Å². The molecule has 0 fully saturated rings. The Hall–Kier alpha value is 0.640. The molecule has 0 saturated carbocycles. The van der Waals surface area contributed by atoms with E-state index in [0.717, 1.165) is 11.5 Å². The second kappa shape index (κ2) is 15.7. The summed E-state index contributed by atoms with van der Waals surface area (Å²) >= 11 is 0. The molecule has 0 aliphatic rings. The summed E-state index contributed by atoms with van der Waals surface area (Å²) in [6.45, 7) is 0. The third kappa shape index (κ3) is 9.55. The zero-order valence-corrected chi connectivity index (χ0v) is 17.8. The normalized spacial score (nSPS) is 6.89. The maximum Gasteiger partial charge on any atom is 0.127 e. The van der Waals surface area contributed by atoms with Crippen LogP contribution in [0.4, 0.5) is 0 Å². The number of halogens is 5. The van der Waals surface area contributed by atoms with Crippen molar-refractivity contribution in [3.8, 4) is 11.5 Å². The fourth-order valence-electron chi connectivity index (χ4n) is 1.11. The van der Waals surface area contributed by atoms with E-state index in [1.165, 1.54) is 0 Å². The Balaban J connectivity index is -0.000000196. The van der Waals surface area contributed by atoms with Crippen LogP contribution in [0.25, 0.3) is 0 Å². The fraction of sp³-hybridized carbons (Fsp3) is 0. The first kappa shape index (κ1) is 27.1. The molecule has 1 nitrogen and oxygen atoms in total. The minimum absolute atomic E-state index is 0. The average Bonchev–Trinajstić information content (AvgIpc) is 2.21. The zero-order valence-electron chi connectivity index (χ0n) is 9.22. The third-order valence-corrected chi connectivity index (χ3v) is 1.72. The summed E-state index contributed by atoms with van der Waals surface area (Å²) in [6.07, 6.45) is 0. The van der Waals surface area contributed by atoms with Crippen molar-refractivity contribution in [1.29, 1.82) is 0 Å². The minimum Gasteiger partial charge on any atom is -0.457 e. The van der Waals surface area contributed by atoms with Gasteiger partial charge in [0.25, 0.3) is 0 Å². The van der Waals surface area contributed by atoms with Crippen LogP contribution in [0.15, 0.2) is 60.7 Å². The number of rotatable bonds is 2. The Bertz CT molecular complexity index is 331. The summed E-state index contributed by atoms with van der Waals surface area (Å²) in [5.41, 5.74) is 0. The smallest absolute Gasteiger partial charge is 0.127 e. The van der Waals surface area contributed by atoms with Gasteiger partial charge in [-0.2, -0.15) is 0 Å². The van der Waals surface area contributed by atoms with Crippen LogP contribution in [0.1, 0.15) is 0 Å². The van der Waals surface area contributed by atoms with Crippen LogP contribution < -0.4 is 4.74 Å². The number of hydrogen-bond acceptors (Lipinski definition) is 1. The highest BCUT2D eigenvalue weighted by Crippen LogP contribution is 2.19. The molecule has 0 bridgehead atoms. The highest BCUT2D eigenvalue weighted by Gasteiger charge is 1.92. The van der Waals surface area contributed by atoms with Gasteiger partial charge in [-0.05, 0) is 24.3 Å². The molecule has 0 amide bonds. The molecule has 2 aromatic carbocycles. The van der Waals surface area contributed by atoms with Gasteiger partial charge in [0.1, 0.15) is 11.5 Å². The molecule has 0 radical (unpaired) electrons. The molecule has 6 heteroatoms. The topological polar surface area (TPSA) is 9.23 Å². The predicted octanol–water partition coefficient (Wildman–Crippen LogP) is 6.37. The average molecular weight is 575 g/mol. The predicted molar refractivity (Wildman–Crippen MR) is 105 cm³/mol. The number of hydrogen-bond donors (Lipinski definition) is 0. The quantitative estimate of drug-likeness (QED) is 0.405. The summed E-state index contributed by atoms with van der Waals surface area (Å²) in [5, 5.41) is 0. The molecular formula is C12H15Br5O. The van der Waals surface area contributed by atoms with Crippen molar-refractivity contribution in [1.82, 2.24) is 0 Å². The lowest BCUT2D eigenvalue weighted by molar-refractivity contribution is 0.482. The van der Waals surface area contributed by atoms with Crippen LogP contribution in [-0.4, -0.2) is 0 Å². The number of benzene rings is 2. The summed E-state index contributed by atoms with van der Waals surface area (Å²) in [4.78, 5) is 0. The standard InChI is InChI=1S/C12H10O.5BrH/c1-3-7-11(8-4-1)13-12-9-5-2-6-10-12;;;;;/h1-10H;5*1H. The van der Waals surface area contributed by atoms with Gasteiger partial charge in [-0.1, -0.05) is 36.4 Å². The fourth-order valence-corrected chi connectivity index (χ4v) is 1.11. The first-order valence-corrected chi connectivity index (χ1v) is 4.23. The lowest BCUT2D eigenvalue weighted by atomic mass is 10.3. The van der Waals surface area contributed by atoms with Crippen molar-refractivity contribution in [3.05, 3.63) is 60.7 Å². The highest BCUT2D eigenvalue weighted by molar-refractivity contribution is 8.93. The van der Waals surface area contributed by atoms with Crippen LogP contribution in [0.5, 0.6) is 11.5 Å². The van der Waals surface area contributed by atoms with Gasteiger partial charge in [0.15, 0.2) is 0 Å². The van der Waals surface area contributed by atoms with E-state index in [1.54, 1.807) is 0 Å². The van der Waals surface area contributed by atoms with E-state index in [9.17, 15) is 0 Å². The molecule has 0 heterocycles. The Morgan fingerprint density at radius 2 is 0.722 bits per heavy atom. The molecule has 0 saturated heterocycles. The third-order valence-electron chi connectivity index (χ3n) is 1.72. The van der Waals surface area contributed by atoms with Crippen molar-refractivity contribution >= 4 is 84.9 Å². The molecule has 2 aromatic rings. The zero-order chi connectivity index (χ0) is 8.93. The monoisotopic (exact) mass is 570 g/mol. The lowest BCUT2D eigenvalue weighted by Crippen LogP contribution is -1.81. The molecule has 2 rings (SSSR count). The molecule has 0 spiro atoms. The first-order chi connectivity index (χ1) is 6.45. The SMILES string of the molecule is Br.Br.Br.Br.Br.c1ccc(Oc2ccccc2)cc1. The molecule has 0 aliphatic carbocycles. The van der Waals surface area contributed by atoms with E-state index in [0.29, 0.717) is 0 Å². The van der Waals surface area contributed by atoms with Gasteiger partial charge in [0.2, 0.25) is 0 Å². The maximum atomic E-state index is 5.58. The maximum absolute atomic E-state index is 5.58.